The Kier molecular flexibility index (Phi) is 5.18. The lowest BCUT2D eigenvalue weighted by Crippen LogP contribution is -2.31. The van der Waals surface area contributed by atoms with Crippen LogP contribution in [0.1, 0.15) is 5.56 Å². The fraction of sp³-hybridized carbons (Fsp3) is 0.375. The molecule has 0 aliphatic carbocycles. The average Bonchev–Trinajstić information content (AvgIpc) is 2.07. The van der Waals surface area contributed by atoms with Gasteiger partial charge in [0.05, 0.1) is 12.7 Å². The second-order valence-electron chi connectivity index (χ2n) is 2.63. The maximum absolute atomic E-state index is 11.1. The normalized spacial score (nSPS) is 9.08. The maximum Gasteiger partial charge on any atom is 0.277 e. The van der Waals surface area contributed by atoms with E-state index in [0.717, 1.165) is 10.3 Å². The summed E-state index contributed by atoms with van der Waals surface area (Å²) in [5.74, 6) is 0.556. The lowest BCUT2D eigenvalue weighted by molar-refractivity contribution is -0.590. The average molecular weight is 204 g/mol. The van der Waals surface area contributed by atoms with Gasteiger partial charge in [-0.3, -0.25) is 5.32 Å². The van der Waals surface area contributed by atoms with Crippen LogP contribution in [0.25, 0.3) is 0 Å². The molecule has 5 heteroatoms. The highest BCUT2D eigenvalue weighted by atomic mass is 35.5. The Balaban J connectivity index is 0.00000144. The smallest absolute Gasteiger partial charge is 0.277 e. The number of rotatable bonds is 3. The first-order valence-corrected chi connectivity index (χ1v) is 3.88. The van der Waals surface area contributed by atoms with E-state index in [0.29, 0.717) is 18.9 Å². The standard InChI is InChI=1S/C8H13N3O.ClH/c1-7-2-5-11(12)8(6-7)10-4-3-9;/h2,5-6,10H,3-4,9H2,1H3;1H. The largest absolute Gasteiger partial charge is 0.711 e. The summed E-state index contributed by atoms with van der Waals surface area (Å²) < 4.78 is 0.794. The maximum atomic E-state index is 11.1. The van der Waals surface area contributed by atoms with Crippen molar-refractivity contribution in [2.75, 3.05) is 18.4 Å². The molecule has 1 heterocycles. The van der Waals surface area contributed by atoms with E-state index in [1.807, 2.05) is 6.92 Å². The molecule has 1 aromatic heterocycles. The minimum Gasteiger partial charge on any atom is -0.711 e. The predicted octanol–water partition coefficient (Wildman–Crippen LogP) is 0.421. The Labute approximate surface area is 83.7 Å². The summed E-state index contributed by atoms with van der Waals surface area (Å²) in [7, 11) is 0. The van der Waals surface area contributed by atoms with Crippen molar-refractivity contribution in [3.63, 3.8) is 0 Å². The van der Waals surface area contributed by atoms with Crippen LogP contribution in [0.3, 0.4) is 0 Å². The van der Waals surface area contributed by atoms with Crippen LogP contribution in [-0.2, 0) is 0 Å². The first kappa shape index (κ1) is 12.0. The first-order chi connectivity index (χ1) is 5.74. The fourth-order valence-electron chi connectivity index (χ4n) is 0.922. The molecule has 1 rings (SSSR count). The third-order valence-corrected chi connectivity index (χ3v) is 1.53. The van der Waals surface area contributed by atoms with Gasteiger partial charge >= 0.3 is 0 Å². The van der Waals surface area contributed by atoms with E-state index in [9.17, 15) is 5.21 Å². The van der Waals surface area contributed by atoms with Gasteiger partial charge in [0, 0.05) is 12.6 Å². The molecule has 0 atom stereocenters. The molecule has 0 aliphatic heterocycles. The molecular weight excluding hydrogens is 190 g/mol. The van der Waals surface area contributed by atoms with Crippen LogP contribution in [0.4, 0.5) is 5.82 Å². The number of nitrogens with zero attached hydrogens (tertiary/aromatic N) is 1. The number of aryl methyl sites for hydroxylation is 1. The van der Waals surface area contributed by atoms with Gasteiger partial charge < -0.3 is 10.9 Å². The predicted molar refractivity (Wildman–Crippen MR) is 54.9 cm³/mol. The van der Waals surface area contributed by atoms with Gasteiger partial charge in [-0.15, -0.1) is 12.4 Å². The Hall–Kier alpha value is -1.00. The Bertz CT molecular complexity index is 268. The molecule has 0 amide bonds. The van der Waals surface area contributed by atoms with Crippen molar-refractivity contribution in [1.82, 2.24) is 0 Å². The molecule has 74 valence electrons. The Morgan fingerprint density at radius 1 is 1.62 bits per heavy atom. The molecular formula is C8H14ClN3O. The lowest BCUT2D eigenvalue weighted by Gasteiger charge is -2.08. The van der Waals surface area contributed by atoms with Crippen LogP contribution in [0, 0.1) is 12.1 Å². The Morgan fingerprint density at radius 3 is 2.92 bits per heavy atom. The van der Waals surface area contributed by atoms with Crippen molar-refractivity contribution >= 4 is 18.2 Å². The van der Waals surface area contributed by atoms with E-state index < -0.39 is 0 Å². The summed E-state index contributed by atoms with van der Waals surface area (Å²) in [4.78, 5) is 0. The zero-order chi connectivity index (χ0) is 8.97. The third kappa shape index (κ3) is 3.48. The fourth-order valence-corrected chi connectivity index (χ4v) is 0.922. The highest BCUT2D eigenvalue weighted by Gasteiger charge is 2.00. The molecule has 0 saturated heterocycles. The van der Waals surface area contributed by atoms with Crippen molar-refractivity contribution < 1.29 is 4.73 Å². The molecule has 0 bridgehead atoms. The summed E-state index contributed by atoms with van der Waals surface area (Å²) in [5.41, 5.74) is 6.35. The van der Waals surface area contributed by atoms with Gasteiger partial charge in [0.2, 0.25) is 0 Å². The molecule has 1 aromatic rings. The van der Waals surface area contributed by atoms with Gasteiger partial charge in [-0.05, 0) is 18.6 Å². The summed E-state index contributed by atoms with van der Waals surface area (Å²) in [6, 6.07) is 3.56. The molecule has 0 spiro atoms. The molecule has 3 N–H and O–H groups in total. The first-order valence-electron chi connectivity index (χ1n) is 3.88. The van der Waals surface area contributed by atoms with Gasteiger partial charge in [-0.1, -0.05) is 0 Å². The molecule has 0 radical (unpaired) electrons. The number of hydrogen-bond acceptors (Lipinski definition) is 3. The molecule has 0 aliphatic rings. The molecule has 13 heavy (non-hydrogen) atoms. The third-order valence-electron chi connectivity index (χ3n) is 1.53. The van der Waals surface area contributed by atoms with E-state index in [1.54, 1.807) is 12.1 Å². The SMILES string of the molecule is Cc1cc[n+]([O-])c(NCCN)c1.Cl. The van der Waals surface area contributed by atoms with Crippen LogP contribution in [0.2, 0.25) is 0 Å². The van der Waals surface area contributed by atoms with E-state index in [2.05, 4.69) is 5.32 Å². The van der Waals surface area contributed by atoms with Crippen LogP contribution in [0.5, 0.6) is 0 Å². The van der Waals surface area contributed by atoms with Crippen molar-refractivity contribution in [1.29, 1.82) is 0 Å². The summed E-state index contributed by atoms with van der Waals surface area (Å²) in [6.07, 6.45) is 1.48. The van der Waals surface area contributed by atoms with Crippen LogP contribution >= 0.6 is 12.4 Å². The van der Waals surface area contributed by atoms with Crippen LogP contribution < -0.4 is 15.8 Å². The monoisotopic (exact) mass is 203 g/mol. The highest BCUT2D eigenvalue weighted by Crippen LogP contribution is 2.01. The van der Waals surface area contributed by atoms with Crippen molar-refractivity contribution in [2.45, 2.75) is 6.92 Å². The minimum absolute atomic E-state index is 0. The van der Waals surface area contributed by atoms with E-state index in [1.165, 1.54) is 6.20 Å². The second kappa shape index (κ2) is 5.61. The number of halogens is 1. The number of hydrogen-bond donors (Lipinski definition) is 2. The number of nitrogens with one attached hydrogen (secondary N) is 1. The Morgan fingerprint density at radius 2 is 2.31 bits per heavy atom. The number of aromatic nitrogens is 1. The molecule has 0 aromatic carbocycles. The molecule has 0 fully saturated rings. The van der Waals surface area contributed by atoms with Gasteiger partial charge in [0.1, 0.15) is 0 Å². The van der Waals surface area contributed by atoms with E-state index in [4.69, 9.17) is 5.73 Å². The van der Waals surface area contributed by atoms with Gasteiger partial charge in [-0.25, -0.2) is 4.73 Å². The number of anilines is 1. The summed E-state index contributed by atoms with van der Waals surface area (Å²) >= 11 is 0. The molecule has 4 nitrogen and oxygen atoms in total. The summed E-state index contributed by atoms with van der Waals surface area (Å²) in [5, 5.41) is 14.0. The van der Waals surface area contributed by atoms with Gasteiger partial charge in [0.25, 0.3) is 5.82 Å². The zero-order valence-corrected chi connectivity index (χ0v) is 8.30. The zero-order valence-electron chi connectivity index (χ0n) is 7.49. The molecule has 0 unspecified atom stereocenters. The second-order valence-corrected chi connectivity index (χ2v) is 2.63. The highest BCUT2D eigenvalue weighted by molar-refractivity contribution is 5.85. The summed E-state index contributed by atoms with van der Waals surface area (Å²) in [6.45, 7) is 3.08. The number of nitrogens with two attached hydrogens (primary N) is 1. The van der Waals surface area contributed by atoms with E-state index >= 15 is 0 Å². The van der Waals surface area contributed by atoms with Crippen molar-refractivity contribution in [2.24, 2.45) is 5.73 Å². The van der Waals surface area contributed by atoms with Crippen LogP contribution in [-0.4, -0.2) is 13.1 Å². The van der Waals surface area contributed by atoms with Crippen molar-refractivity contribution in [3.05, 3.63) is 29.1 Å². The van der Waals surface area contributed by atoms with Crippen molar-refractivity contribution in [3.8, 4) is 0 Å². The van der Waals surface area contributed by atoms with E-state index in [-0.39, 0.29) is 12.4 Å². The topological polar surface area (TPSA) is 65.0 Å². The minimum atomic E-state index is 0. The number of pyridine rings is 1. The van der Waals surface area contributed by atoms with Gasteiger partial charge in [-0.2, -0.15) is 0 Å². The molecule has 0 saturated carbocycles. The van der Waals surface area contributed by atoms with Gasteiger partial charge in [0.15, 0.2) is 0 Å². The lowest BCUT2D eigenvalue weighted by atomic mass is 10.3. The van der Waals surface area contributed by atoms with Crippen LogP contribution in [0.15, 0.2) is 18.3 Å². The quantitative estimate of drug-likeness (QED) is 0.553.